The molecule has 2 aromatic rings. The summed E-state index contributed by atoms with van der Waals surface area (Å²) in [5.74, 6) is 0.504. The van der Waals surface area contributed by atoms with Crippen molar-refractivity contribution in [2.75, 3.05) is 44.4 Å². The van der Waals surface area contributed by atoms with Crippen molar-refractivity contribution in [3.8, 4) is 5.75 Å². The van der Waals surface area contributed by atoms with Gasteiger partial charge in [-0.05, 0) is 30.7 Å². The highest BCUT2D eigenvalue weighted by Crippen LogP contribution is 2.15. The highest BCUT2D eigenvalue weighted by molar-refractivity contribution is 5.94. The molecule has 0 bridgehead atoms. The number of aromatic nitrogens is 1. The van der Waals surface area contributed by atoms with E-state index in [2.05, 4.69) is 15.2 Å². The monoisotopic (exact) mass is 359 g/mol. The minimum Gasteiger partial charge on any atom is -0.490 e. The molecule has 2 heterocycles. The van der Waals surface area contributed by atoms with Crippen LogP contribution in [0.3, 0.4) is 0 Å². The Balaban J connectivity index is 1.40. The maximum absolute atomic E-state index is 13.4. The molecule has 6 nitrogen and oxygen atoms in total. The Hall–Kier alpha value is -2.67. The van der Waals surface area contributed by atoms with Gasteiger partial charge in [0.25, 0.3) is 5.91 Å². The molecule has 26 heavy (non-hydrogen) atoms. The average molecular weight is 359 g/mol. The second-order valence-electron chi connectivity index (χ2n) is 5.89. The Labute approximate surface area is 151 Å². The lowest BCUT2D eigenvalue weighted by atomic mass is 10.2. The number of nitrogens with zero attached hydrogens (tertiary/aromatic N) is 2. The van der Waals surface area contributed by atoms with Crippen molar-refractivity contribution in [1.82, 2.24) is 10.3 Å². The van der Waals surface area contributed by atoms with E-state index >= 15 is 0 Å². The van der Waals surface area contributed by atoms with E-state index in [0.29, 0.717) is 38.3 Å². The van der Waals surface area contributed by atoms with E-state index in [0.717, 1.165) is 18.9 Å². The van der Waals surface area contributed by atoms with Gasteiger partial charge in [0.1, 0.15) is 5.82 Å². The number of anilines is 1. The maximum atomic E-state index is 13.4. The SMILES string of the molecule is O=C(NCCCOc1ccccc1F)c1ccc(N2CCOCC2)nc1. The predicted molar refractivity (Wildman–Crippen MR) is 96.1 cm³/mol. The molecule has 0 atom stereocenters. The van der Waals surface area contributed by atoms with Crippen LogP contribution in [0.4, 0.5) is 10.2 Å². The van der Waals surface area contributed by atoms with Crippen LogP contribution in [-0.2, 0) is 4.74 Å². The zero-order chi connectivity index (χ0) is 18.2. The van der Waals surface area contributed by atoms with Crippen molar-refractivity contribution in [2.45, 2.75) is 6.42 Å². The number of para-hydroxylation sites is 1. The lowest BCUT2D eigenvalue weighted by molar-refractivity contribution is 0.0951. The van der Waals surface area contributed by atoms with Crippen LogP contribution in [-0.4, -0.2) is 50.3 Å². The predicted octanol–water partition coefficient (Wildman–Crippen LogP) is 2.26. The third-order valence-corrected chi connectivity index (χ3v) is 4.05. The quantitative estimate of drug-likeness (QED) is 0.769. The van der Waals surface area contributed by atoms with Gasteiger partial charge in [-0.1, -0.05) is 12.1 Å². The fourth-order valence-electron chi connectivity index (χ4n) is 2.62. The van der Waals surface area contributed by atoms with E-state index in [-0.39, 0.29) is 17.5 Å². The summed E-state index contributed by atoms with van der Waals surface area (Å²) in [5.41, 5.74) is 0.511. The average Bonchev–Trinajstić information content (AvgIpc) is 2.70. The molecule has 1 amide bonds. The number of pyridine rings is 1. The Morgan fingerprint density at radius 2 is 2.04 bits per heavy atom. The van der Waals surface area contributed by atoms with Crippen molar-refractivity contribution < 1.29 is 18.7 Å². The topological polar surface area (TPSA) is 63.7 Å². The second-order valence-corrected chi connectivity index (χ2v) is 5.89. The molecule has 138 valence electrons. The smallest absolute Gasteiger partial charge is 0.252 e. The molecule has 3 rings (SSSR count). The largest absolute Gasteiger partial charge is 0.490 e. The number of carbonyl (C=O) groups excluding carboxylic acids is 1. The first-order valence-electron chi connectivity index (χ1n) is 8.68. The minimum absolute atomic E-state index is 0.183. The molecule has 1 N–H and O–H groups in total. The number of rotatable bonds is 7. The van der Waals surface area contributed by atoms with Crippen LogP contribution in [0, 0.1) is 5.82 Å². The van der Waals surface area contributed by atoms with E-state index < -0.39 is 0 Å². The lowest BCUT2D eigenvalue weighted by Crippen LogP contribution is -2.36. The molecule has 0 unspecified atom stereocenters. The molecule has 0 spiro atoms. The fourth-order valence-corrected chi connectivity index (χ4v) is 2.62. The first-order valence-corrected chi connectivity index (χ1v) is 8.68. The van der Waals surface area contributed by atoms with E-state index in [9.17, 15) is 9.18 Å². The van der Waals surface area contributed by atoms with Crippen LogP contribution in [0.2, 0.25) is 0 Å². The summed E-state index contributed by atoms with van der Waals surface area (Å²) >= 11 is 0. The van der Waals surface area contributed by atoms with E-state index in [1.807, 2.05) is 6.07 Å². The van der Waals surface area contributed by atoms with Crippen molar-refractivity contribution in [1.29, 1.82) is 0 Å². The standard InChI is InChI=1S/C19H22FN3O3/c20-16-4-1-2-5-17(16)26-11-3-8-21-19(24)15-6-7-18(22-14-15)23-9-12-25-13-10-23/h1-2,4-7,14H,3,8-13H2,(H,21,24). The third-order valence-electron chi connectivity index (χ3n) is 4.05. The Bertz CT molecular complexity index is 718. The number of hydrogen-bond acceptors (Lipinski definition) is 5. The number of ether oxygens (including phenoxy) is 2. The molecule has 0 aliphatic carbocycles. The third kappa shape index (κ3) is 4.92. The summed E-state index contributed by atoms with van der Waals surface area (Å²) in [5, 5.41) is 2.81. The van der Waals surface area contributed by atoms with Gasteiger partial charge in [0.15, 0.2) is 11.6 Å². The number of carbonyl (C=O) groups is 1. The summed E-state index contributed by atoms with van der Waals surface area (Å²) < 4.78 is 24.1. The maximum Gasteiger partial charge on any atom is 0.252 e. The first kappa shape index (κ1) is 18.1. The van der Waals surface area contributed by atoms with Gasteiger partial charge in [0.05, 0.1) is 25.4 Å². The van der Waals surface area contributed by atoms with Gasteiger partial charge >= 0.3 is 0 Å². The molecule has 1 saturated heterocycles. The number of halogens is 1. The minimum atomic E-state index is -0.386. The number of amides is 1. The number of nitrogens with one attached hydrogen (secondary N) is 1. The van der Waals surface area contributed by atoms with Crippen LogP contribution in [0.1, 0.15) is 16.8 Å². The number of benzene rings is 1. The summed E-state index contributed by atoms with van der Waals surface area (Å²) in [6.45, 7) is 3.77. The van der Waals surface area contributed by atoms with Gasteiger partial charge < -0.3 is 19.7 Å². The number of morpholine rings is 1. The fraction of sp³-hybridized carbons (Fsp3) is 0.368. The highest BCUT2D eigenvalue weighted by Gasteiger charge is 2.13. The molecule has 0 saturated carbocycles. The van der Waals surface area contributed by atoms with Crippen molar-refractivity contribution >= 4 is 11.7 Å². The van der Waals surface area contributed by atoms with Crippen LogP contribution in [0.15, 0.2) is 42.6 Å². The first-order chi connectivity index (χ1) is 12.7. The van der Waals surface area contributed by atoms with Crippen LogP contribution < -0.4 is 15.0 Å². The van der Waals surface area contributed by atoms with Crippen LogP contribution in [0.25, 0.3) is 0 Å². The van der Waals surface area contributed by atoms with E-state index in [1.165, 1.54) is 6.07 Å². The molecule has 1 aliphatic rings. The summed E-state index contributed by atoms with van der Waals surface area (Å²) in [6.07, 6.45) is 2.16. The van der Waals surface area contributed by atoms with Crippen molar-refractivity contribution in [3.05, 3.63) is 54.0 Å². The molecule has 1 aromatic carbocycles. The molecular weight excluding hydrogens is 337 g/mol. The van der Waals surface area contributed by atoms with Gasteiger partial charge in [-0.25, -0.2) is 9.37 Å². The second kappa shape index (κ2) is 9.15. The van der Waals surface area contributed by atoms with Gasteiger partial charge in [-0.3, -0.25) is 4.79 Å². The van der Waals surface area contributed by atoms with Gasteiger partial charge in [0.2, 0.25) is 0 Å². The van der Waals surface area contributed by atoms with Crippen LogP contribution >= 0.6 is 0 Å². The molecule has 1 aromatic heterocycles. The highest BCUT2D eigenvalue weighted by atomic mass is 19.1. The van der Waals surface area contributed by atoms with Gasteiger partial charge in [0, 0.05) is 25.8 Å². The molecule has 7 heteroatoms. The summed E-state index contributed by atoms with van der Waals surface area (Å²) in [6, 6.07) is 9.87. The van der Waals surface area contributed by atoms with Gasteiger partial charge in [-0.15, -0.1) is 0 Å². The zero-order valence-electron chi connectivity index (χ0n) is 14.5. The molecule has 1 fully saturated rings. The molecule has 0 radical (unpaired) electrons. The van der Waals surface area contributed by atoms with Crippen LogP contribution in [0.5, 0.6) is 5.75 Å². The molecular formula is C19H22FN3O3. The Morgan fingerprint density at radius 1 is 1.23 bits per heavy atom. The summed E-state index contributed by atoms with van der Waals surface area (Å²) in [7, 11) is 0. The summed E-state index contributed by atoms with van der Waals surface area (Å²) in [4.78, 5) is 18.6. The van der Waals surface area contributed by atoms with E-state index in [4.69, 9.17) is 9.47 Å². The Morgan fingerprint density at radius 3 is 2.77 bits per heavy atom. The zero-order valence-corrected chi connectivity index (χ0v) is 14.5. The number of hydrogen-bond donors (Lipinski definition) is 1. The lowest BCUT2D eigenvalue weighted by Gasteiger charge is -2.27. The van der Waals surface area contributed by atoms with Crippen molar-refractivity contribution in [3.63, 3.8) is 0 Å². The van der Waals surface area contributed by atoms with Crippen molar-refractivity contribution in [2.24, 2.45) is 0 Å². The van der Waals surface area contributed by atoms with E-state index in [1.54, 1.807) is 30.5 Å². The molecule has 1 aliphatic heterocycles. The Kier molecular flexibility index (Phi) is 6.38. The normalized spacial score (nSPS) is 14.1. The van der Waals surface area contributed by atoms with Gasteiger partial charge in [-0.2, -0.15) is 0 Å².